The third-order valence-electron chi connectivity index (χ3n) is 5.66. The van der Waals surface area contributed by atoms with Gasteiger partial charge in [0.2, 0.25) is 0 Å². The number of nitrogens with zero attached hydrogens (tertiary/aromatic N) is 1. The summed E-state index contributed by atoms with van der Waals surface area (Å²) in [5.74, 6) is 1.23. The summed E-state index contributed by atoms with van der Waals surface area (Å²) < 4.78 is 17.0. The number of amides is 2. The van der Waals surface area contributed by atoms with Crippen molar-refractivity contribution in [2.45, 2.75) is 25.9 Å². The van der Waals surface area contributed by atoms with Gasteiger partial charge in [-0.05, 0) is 57.1 Å². The predicted molar refractivity (Wildman–Crippen MR) is 124 cm³/mol. The second kappa shape index (κ2) is 9.32. The molecule has 0 spiro atoms. The van der Waals surface area contributed by atoms with Crippen LogP contribution < -0.4 is 25.7 Å². The van der Waals surface area contributed by atoms with Gasteiger partial charge in [0, 0.05) is 24.0 Å². The highest BCUT2D eigenvalue weighted by Crippen LogP contribution is 2.30. The number of nitrogens with one attached hydrogen (secondary N) is 2. The number of methoxy groups -OCH3 is 1. The molecule has 1 fully saturated rings. The molecular weight excluding hydrogens is 410 g/mol. The molecule has 2 amide bonds. The van der Waals surface area contributed by atoms with Gasteiger partial charge in [0.15, 0.2) is 0 Å². The number of carbonyl (C=O) groups excluding carboxylic acids is 1. The van der Waals surface area contributed by atoms with Crippen LogP contribution in [0.4, 0.5) is 16.2 Å². The molecule has 0 radical (unpaired) electrons. The number of benzene rings is 2. The molecule has 8 nitrogen and oxygen atoms in total. The normalized spacial score (nSPS) is 14.8. The smallest absolute Gasteiger partial charge is 0.360 e. The van der Waals surface area contributed by atoms with Crippen LogP contribution in [-0.4, -0.2) is 44.3 Å². The number of urea groups is 1. The molecule has 0 aliphatic carbocycles. The lowest BCUT2D eigenvalue weighted by Gasteiger charge is -2.29. The second-order valence-electron chi connectivity index (χ2n) is 7.95. The van der Waals surface area contributed by atoms with Gasteiger partial charge < -0.3 is 29.4 Å². The van der Waals surface area contributed by atoms with Crippen molar-refractivity contribution in [2.75, 3.05) is 37.9 Å². The Morgan fingerprint density at radius 1 is 1.06 bits per heavy atom. The molecule has 1 saturated heterocycles. The highest BCUT2D eigenvalue weighted by Gasteiger charge is 2.20. The number of hydrogen-bond donors (Lipinski definition) is 2. The van der Waals surface area contributed by atoms with Crippen molar-refractivity contribution >= 4 is 28.4 Å². The number of ether oxygens (including phenoxy) is 2. The monoisotopic (exact) mass is 437 g/mol. The molecule has 2 N–H and O–H groups in total. The highest BCUT2D eigenvalue weighted by atomic mass is 16.5. The summed E-state index contributed by atoms with van der Waals surface area (Å²) in [7, 11) is 3.62. The second-order valence-corrected chi connectivity index (χ2v) is 7.95. The van der Waals surface area contributed by atoms with Crippen molar-refractivity contribution in [1.82, 2.24) is 4.90 Å². The molecule has 4 rings (SSSR count). The summed E-state index contributed by atoms with van der Waals surface area (Å²) in [6.45, 7) is 3.87. The Balaban J connectivity index is 1.52. The van der Waals surface area contributed by atoms with E-state index in [4.69, 9.17) is 13.9 Å². The van der Waals surface area contributed by atoms with Crippen LogP contribution in [0.5, 0.6) is 11.5 Å². The molecule has 32 heavy (non-hydrogen) atoms. The zero-order valence-electron chi connectivity index (χ0n) is 18.4. The lowest BCUT2D eigenvalue weighted by molar-refractivity contribution is 0.113. The fourth-order valence-electron chi connectivity index (χ4n) is 3.83. The summed E-state index contributed by atoms with van der Waals surface area (Å²) in [6.07, 6.45) is 2.07. The fourth-order valence-corrected chi connectivity index (χ4v) is 3.83. The van der Waals surface area contributed by atoms with Crippen LogP contribution in [0, 0.1) is 6.92 Å². The Hall–Kier alpha value is -3.52. The van der Waals surface area contributed by atoms with Crippen LogP contribution in [0.1, 0.15) is 18.4 Å². The van der Waals surface area contributed by atoms with Gasteiger partial charge in [-0.2, -0.15) is 0 Å². The van der Waals surface area contributed by atoms with E-state index in [-0.39, 0.29) is 11.8 Å². The molecule has 0 saturated carbocycles. The zero-order valence-corrected chi connectivity index (χ0v) is 18.4. The van der Waals surface area contributed by atoms with Crippen molar-refractivity contribution in [1.29, 1.82) is 0 Å². The Kier molecular flexibility index (Phi) is 6.32. The molecule has 1 aromatic heterocycles. The summed E-state index contributed by atoms with van der Waals surface area (Å²) in [5.41, 5.74) is 1.13. The van der Waals surface area contributed by atoms with Crippen LogP contribution in [0.3, 0.4) is 0 Å². The molecule has 168 valence electrons. The van der Waals surface area contributed by atoms with Crippen molar-refractivity contribution in [3.05, 3.63) is 58.4 Å². The fraction of sp³-hybridized carbons (Fsp3) is 0.333. The summed E-state index contributed by atoms with van der Waals surface area (Å²) in [4.78, 5) is 27.3. The standard InChI is InChI=1S/C24H27N3O5/c1-15-20(31-17-10-12-27(2)13-11-17)9-8-16-14-19(23(28)32-22(15)16)26-24(29)25-18-6-4-5-7-21(18)30-3/h4-9,14,17H,10-13H2,1-3H3,(H2,25,26,29). The number of anilines is 2. The van der Waals surface area contributed by atoms with E-state index >= 15 is 0 Å². The topological polar surface area (TPSA) is 93.0 Å². The average Bonchev–Trinajstić information content (AvgIpc) is 2.78. The molecule has 0 atom stereocenters. The SMILES string of the molecule is COc1ccccc1NC(=O)Nc1cc2ccc(OC3CCN(C)CC3)c(C)c2oc1=O. The maximum absolute atomic E-state index is 12.6. The largest absolute Gasteiger partial charge is 0.495 e. The lowest BCUT2D eigenvalue weighted by Crippen LogP contribution is -2.35. The average molecular weight is 437 g/mol. The quantitative estimate of drug-likeness (QED) is 0.581. The van der Waals surface area contributed by atoms with E-state index in [0.29, 0.717) is 28.2 Å². The molecule has 3 aromatic rings. The lowest BCUT2D eigenvalue weighted by atomic mass is 10.1. The Bertz CT molecular complexity index is 1180. The summed E-state index contributed by atoms with van der Waals surface area (Å²) in [5, 5.41) is 5.93. The minimum atomic E-state index is -0.632. The van der Waals surface area contributed by atoms with E-state index in [2.05, 4.69) is 22.6 Å². The van der Waals surface area contributed by atoms with Crippen molar-refractivity contribution < 1.29 is 18.7 Å². The van der Waals surface area contributed by atoms with Gasteiger partial charge in [0.1, 0.15) is 28.9 Å². The predicted octanol–water partition coefficient (Wildman–Crippen LogP) is 4.23. The van der Waals surface area contributed by atoms with Gasteiger partial charge in [0.05, 0.1) is 12.8 Å². The minimum Gasteiger partial charge on any atom is -0.495 e. The van der Waals surface area contributed by atoms with Crippen molar-refractivity contribution in [3.8, 4) is 11.5 Å². The number of aryl methyl sites for hydroxylation is 1. The van der Waals surface area contributed by atoms with Gasteiger partial charge in [-0.15, -0.1) is 0 Å². The van der Waals surface area contributed by atoms with E-state index in [1.54, 1.807) is 30.3 Å². The van der Waals surface area contributed by atoms with Crippen LogP contribution in [0.15, 0.2) is 51.7 Å². The number of fused-ring (bicyclic) bond motifs is 1. The number of carbonyl (C=O) groups is 1. The highest BCUT2D eigenvalue weighted by molar-refractivity contribution is 6.01. The number of rotatable bonds is 5. The van der Waals surface area contributed by atoms with E-state index < -0.39 is 11.7 Å². The molecule has 2 aromatic carbocycles. The van der Waals surface area contributed by atoms with Crippen LogP contribution >= 0.6 is 0 Å². The number of likely N-dealkylation sites (tertiary alicyclic amines) is 1. The molecule has 0 bridgehead atoms. The maximum Gasteiger partial charge on any atom is 0.360 e. The van der Waals surface area contributed by atoms with E-state index in [1.165, 1.54) is 7.11 Å². The van der Waals surface area contributed by atoms with Gasteiger partial charge >= 0.3 is 11.7 Å². The van der Waals surface area contributed by atoms with Crippen LogP contribution in [-0.2, 0) is 0 Å². The van der Waals surface area contributed by atoms with Crippen LogP contribution in [0.2, 0.25) is 0 Å². The number of piperidine rings is 1. The van der Waals surface area contributed by atoms with E-state index in [0.717, 1.165) is 31.5 Å². The van der Waals surface area contributed by atoms with Gasteiger partial charge in [0.25, 0.3) is 0 Å². The molecule has 1 aliphatic heterocycles. The van der Waals surface area contributed by atoms with Crippen molar-refractivity contribution in [3.63, 3.8) is 0 Å². The number of para-hydroxylation sites is 2. The summed E-state index contributed by atoms with van der Waals surface area (Å²) in [6, 6.07) is 11.8. The maximum atomic E-state index is 12.6. The Morgan fingerprint density at radius 2 is 1.78 bits per heavy atom. The third kappa shape index (κ3) is 4.70. The van der Waals surface area contributed by atoms with Gasteiger partial charge in [-0.1, -0.05) is 12.1 Å². The van der Waals surface area contributed by atoms with Gasteiger partial charge in [-0.3, -0.25) is 0 Å². The molecular formula is C24H27N3O5. The zero-order chi connectivity index (χ0) is 22.7. The van der Waals surface area contributed by atoms with Gasteiger partial charge in [-0.25, -0.2) is 9.59 Å². The minimum absolute atomic E-state index is 0.0493. The first-order chi connectivity index (χ1) is 15.4. The first-order valence-corrected chi connectivity index (χ1v) is 10.6. The summed E-state index contributed by atoms with van der Waals surface area (Å²) >= 11 is 0. The molecule has 1 aliphatic rings. The van der Waals surface area contributed by atoms with Crippen molar-refractivity contribution in [2.24, 2.45) is 0 Å². The van der Waals surface area contributed by atoms with Crippen LogP contribution in [0.25, 0.3) is 11.0 Å². The van der Waals surface area contributed by atoms with E-state index in [1.807, 2.05) is 19.1 Å². The Morgan fingerprint density at radius 3 is 2.53 bits per heavy atom. The number of hydrogen-bond acceptors (Lipinski definition) is 6. The molecule has 2 heterocycles. The van der Waals surface area contributed by atoms with E-state index in [9.17, 15) is 9.59 Å². The molecule has 0 unspecified atom stereocenters. The third-order valence-corrected chi connectivity index (χ3v) is 5.66. The molecule has 8 heteroatoms. The first kappa shape index (κ1) is 21.7. The Labute approximate surface area is 186 Å². The first-order valence-electron chi connectivity index (χ1n) is 10.6.